The molecule has 2 N–H and O–H groups in total. The molecule has 142 valence electrons. The third-order valence-electron chi connectivity index (χ3n) is 4.66. The topological polar surface area (TPSA) is 53.1 Å². The molecule has 0 aliphatic carbocycles. The Hall–Kier alpha value is -2.91. The van der Waals surface area contributed by atoms with E-state index in [-0.39, 0.29) is 0 Å². The largest absolute Gasteiger partial charge is 0.367 e. The van der Waals surface area contributed by atoms with E-state index >= 15 is 0 Å². The zero-order valence-electron chi connectivity index (χ0n) is 15.9. The molecule has 5 nitrogen and oxygen atoms in total. The molecule has 1 aliphatic rings. The molecule has 0 radical (unpaired) electrons. The summed E-state index contributed by atoms with van der Waals surface area (Å²) < 4.78 is 0. The summed E-state index contributed by atoms with van der Waals surface area (Å²) in [6.07, 6.45) is 7.33. The molecule has 6 heteroatoms. The van der Waals surface area contributed by atoms with Gasteiger partial charge < -0.3 is 15.5 Å². The fraction of sp³-hybridized carbons (Fsp3) is 0.182. The maximum atomic E-state index is 4.60. The van der Waals surface area contributed by atoms with Gasteiger partial charge in [-0.25, -0.2) is 4.98 Å². The molecule has 0 spiro atoms. The minimum absolute atomic E-state index is 0.579. The van der Waals surface area contributed by atoms with Gasteiger partial charge in [0.15, 0.2) is 0 Å². The second kappa shape index (κ2) is 8.85. The van der Waals surface area contributed by atoms with Crippen molar-refractivity contribution >= 4 is 42.7 Å². The molecule has 0 saturated carbocycles. The van der Waals surface area contributed by atoms with Crippen LogP contribution >= 0.6 is 8.58 Å². The Morgan fingerprint density at radius 1 is 0.964 bits per heavy atom. The quantitative estimate of drug-likeness (QED) is 0.474. The molecule has 3 aromatic rings. The van der Waals surface area contributed by atoms with Crippen LogP contribution in [0.4, 0.5) is 28.8 Å². The van der Waals surface area contributed by atoms with E-state index in [2.05, 4.69) is 86.8 Å². The summed E-state index contributed by atoms with van der Waals surface area (Å²) in [5.41, 5.74) is 3.31. The number of aromatic nitrogens is 2. The normalized spacial score (nSPS) is 13.8. The maximum absolute atomic E-state index is 4.60. The van der Waals surface area contributed by atoms with Crippen molar-refractivity contribution < 1.29 is 0 Å². The van der Waals surface area contributed by atoms with Gasteiger partial charge in [-0.05, 0) is 54.8 Å². The predicted octanol–water partition coefficient (Wildman–Crippen LogP) is 4.66. The number of hydrogen-bond acceptors (Lipinski definition) is 5. The van der Waals surface area contributed by atoms with Gasteiger partial charge in [0.1, 0.15) is 5.82 Å². The van der Waals surface area contributed by atoms with E-state index in [0.29, 0.717) is 5.95 Å². The van der Waals surface area contributed by atoms with Crippen molar-refractivity contribution in [1.82, 2.24) is 9.97 Å². The van der Waals surface area contributed by atoms with Gasteiger partial charge in [0.25, 0.3) is 0 Å². The van der Waals surface area contributed by atoms with Crippen molar-refractivity contribution in [2.45, 2.75) is 6.42 Å². The summed E-state index contributed by atoms with van der Waals surface area (Å²) in [5.74, 6) is 1.36. The van der Waals surface area contributed by atoms with Gasteiger partial charge in [0, 0.05) is 36.3 Å². The second-order valence-electron chi connectivity index (χ2n) is 6.56. The lowest BCUT2D eigenvalue weighted by atomic mass is 10.2. The van der Waals surface area contributed by atoms with Crippen LogP contribution in [0.5, 0.6) is 0 Å². The second-order valence-corrected chi connectivity index (χ2v) is 7.60. The lowest BCUT2D eigenvalue weighted by Crippen LogP contribution is -2.26. The molecule has 1 aromatic heterocycles. The van der Waals surface area contributed by atoms with Crippen LogP contribution in [0.1, 0.15) is 6.42 Å². The first kappa shape index (κ1) is 18.5. The average molecular weight is 389 g/mol. The van der Waals surface area contributed by atoms with Crippen LogP contribution in [0.25, 0.3) is 0 Å². The van der Waals surface area contributed by atoms with Crippen molar-refractivity contribution in [3.05, 3.63) is 72.9 Å². The third-order valence-corrected chi connectivity index (χ3v) is 5.64. The Bertz CT molecular complexity index is 955. The molecule has 2 aromatic carbocycles. The summed E-state index contributed by atoms with van der Waals surface area (Å²) >= 11 is 0. The molecule has 28 heavy (non-hydrogen) atoms. The number of hydrogen-bond donors (Lipinski definition) is 2. The molecule has 0 amide bonds. The molecule has 0 bridgehead atoms. The molecule has 0 fully saturated rings. The van der Waals surface area contributed by atoms with Crippen LogP contribution in [0.2, 0.25) is 0 Å². The van der Waals surface area contributed by atoms with Crippen LogP contribution in [0.15, 0.2) is 72.9 Å². The molecule has 1 aliphatic heterocycles. The predicted molar refractivity (Wildman–Crippen MR) is 121 cm³/mol. The first-order chi connectivity index (χ1) is 13.8. The Morgan fingerprint density at radius 2 is 1.82 bits per heavy atom. The van der Waals surface area contributed by atoms with Gasteiger partial charge >= 0.3 is 0 Å². The van der Waals surface area contributed by atoms with Gasteiger partial charge in [-0.15, -0.1) is 0 Å². The van der Waals surface area contributed by atoms with Crippen molar-refractivity contribution in [2.24, 2.45) is 0 Å². The number of rotatable bonds is 6. The van der Waals surface area contributed by atoms with Gasteiger partial charge in [-0.1, -0.05) is 38.9 Å². The highest BCUT2D eigenvalue weighted by Gasteiger charge is 2.08. The number of benzene rings is 2. The zero-order chi connectivity index (χ0) is 19.2. The van der Waals surface area contributed by atoms with Crippen molar-refractivity contribution in [3.8, 4) is 0 Å². The van der Waals surface area contributed by atoms with E-state index < -0.39 is 0 Å². The SMILES string of the molecule is CPc1ccccc1Nc1ccnc(Nc2ccc(N3CC=CCC3)cc2)n1. The molecule has 1 atom stereocenters. The standard InChI is InChI=1S/C22H24N5P/c1-28-20-8-4-3-7-19(20)25-21-13-14-23-22(26-21)24-17-9-11-18(12-10-17)27-15-5-2-6-16-27/h2-5,7-14,28H,6,15-16H2,1H3,(H2,23,24,25,26). The minimum Gasteiger partial charge on any atom is -0.367 e. The van der Waals surface area contributed by atoms with Crippen molar-refractivity contribution in [1.29, 1.82) is 0 Å². The maximum Gasteiger partial charge on any atom is 0.229 e. The van der Waals surface area contributed by atoms with Crippen LogP contribution < -0.4 is 20.8 Å². The molecule has 4 rings (SSSR count). The average Bonchev–Trinajstić information content (AvgIpc) is 2.76. The fourth-order valence-electron chi connectivity index (χ4n) is 3.20. The fourth-order valence-corrected chi connectivity index (χ4v) is 3.88. The molecular formula is C22H24N5P. The molecule has 1 unspecified atom stereocenters. The number of nitrogens with zero attached hydrogens (tertiary/aromatic N) is 3. The first-order valence-electron chi connectivity index (χ1n) is 9.46. The first-order valence-corrected chi connectivity index (χ1v) is 11.0. The highest BCUT2D eigenvalue weighted by molar-refractivity contribution is 7.46. The zero-order valence-corrected chi connectivity index (χ0v) is 16.9. The van der Waals surface area contributed by atoms with Gasteiger partial charge in [0.05, 0.1) is 0 Å². The number of nitrogens with one attached hydrogen (secondary N) is 2. The van der Waals surface area contributed by atoms with E-state index in [4.69, 9.17) is 0 Å². The van der Waals surface area contributed by atoms with Crippen molar-refractivity contribution in [2.75, 3.05) is 35.3 Å². The highest BCUT2D eigenvalue weighted by Crippen LogP contribution is 2.23. The van der Waals surface area contributed by atoms with Crippen LogP contribution in [0.3, 0.4) is 0 Å². The van der Waals surface area contributed by atoms with Crippen LogP contribution in [0, 0.1) is 0 Å². The molecular weight excluding hydrogens is 365 g/mol. The van der Waals surface area contributed by atoms with E-state index in [1.54, 1.807) is 6.20 Å². The monoisotopic (exact) mass is 389 g/mol. The third kappa shape index (κ3) is 4.49. The Morgan fingerprint density at radius 3 is 2.61 bits per heavy atom. The minimum atomic E-state index is 0.579. The van der Waals surface area contributed by atoms with Crippen LogP contribution in [-0.2, 0) is 0 Å². The summed E-state index contributed by atoms with van der Waals surface area (Å²) in [6, 6.07) is 18.6. The van der Waals surface area contributed by atoms with Gasteiger partial charge in [-0.2, -0.15) is 4.98 Å². The summed E-state index contributed by atoms with van der Waals surface area (Å²) in [7, 11) is 0.726. The van der Waals surface area contributed by atoms with E-state index in [1.807, 2.05) is 12.1 Å². The van der Waals surface area contributed by atoms with Gasteiger partial charge in [0.2, 0.25) is 5.95 Å². The number of para-hydroxylation sites is 1. The Labute approximate surface area is 167 Å². The van der Waals surface area contributed by atoms with E-state index in [9.17, 15) is 0 Å². The van der Waals surface area contributed by atoms with Crippen LogP contribution in [-0.4, -0.2) is 29.7 Å². The van der Waals surface area contributed by atoms with Crippen molar-refractivity contribution in [3.63, 3.8) is 0 Å². The van der Waals surface area contributed by atoms with Gasteiger partial charge in [-0.3, -0.25) is 0 Å². The highest BCUT2D eigenvalue weighted by atomic mass is 31.1. The molecule has 0 saturated heterocycles. The number of anilines is 5. The molecule has 2 heterocycles. The Kier molecular flexibility index (Phi) is 5.83. The van der Waals surface area contributed by atoms with E-state index in [1.165, 1.54) is 11.0 Å². The summed E-state index contributed by atoms with van der Waals surface area (Å²) in [4.78, 5) is 11.3. The lowest BCUT2D eigenvalue weighted by molar-refractivity contribution is 0.821. The smallest absolute Gasteiger partial charge is 0.229 e. The lowest BCUT2D eigenvalue weighted by Gasteiger charge is -2.25. The van der Waals surface area contributed by atoms with E-state index in [0.717, 1.165) is 45.3 Å². The summed E-state index contributed by atoms with van der Waals surface area (Å²) in [6.45, 7) is 4.22. The summed E-state index contributed by atoms with van der Waals surface area (Å²) in [5, 5.41) is 7.99. The Balaban J connectivity index is 1.45.